The molecule has 1 unspecified atom stereocenters. The van der Waals surface area contributed by atoms with Crippen LogP contribution in [0.2, 0.25) is 0 Å². The van der Waals surface area contributed by atoms with Gasteiger partial charge in [0.1, 0.15) is 0 Å². The summed E-state index contributed by atoms with van der Waals surface area (Å²) in [6, 6.07) is 7.49. The van der Waals surface area contributed by atoms with Gasteiger partial charge in [0.05, 0.1) is 11.0 Å². The van der Waals surface area contributed by atoms with Crippen molar-refractivity contribution in [1.29, 1.82) is 0 Å². The zero-order chi connectivity index (χ0) is 15.3. The fraction of sp³-hybridized carbons (Fsp3) is 0.562. The molecule has 0 spiro atoms. The average Bonchev–Trinajstić information content (AvgIpc) is 3.21. The Morgan fingerprint density at radius 1 is 1.00 bits per heavy atom. The van der Waals surface area contributed by atoms with E-state index in [2.05, 4.69) is 4.90 Å². The first-order chi connectivity index (χ1) is 10.6. The largest absolute Gasteiger partial charge is 0.311 e. The van der Waals surface area contributed by atoms with E-state index in [0.717, 1.165) is 12.1 Å². The van der Waals surface area contributed by atoms with Gasteiger partial charge in [-0.15, -0.1) is 0 Å². The van der Waals surface area contributed by atoms with Crippen molar-refractivity contribution in [3.05, 3.63) is 34.4 Å². The van der Waals surface area contributed by atoms with E-state index in [1.165, 1.54) is 37.8 Å². The number of fused-ring (bicyclic) bond motifs is 2. The van der Waals surface area contributed by atoms with Crippen LogP contribution in [-0.2, 0) is 4.79 Å². The number of nitrogens with zero attached hydrogens (tertiary/aromatic N) is 3. The number of benzene rings is 1. The first kappa shape index (κ1) is 13.7. The molecule has 6 nitrogen and oxygen atoms in total. The molecule has 22 heavy (non-hydrogen) atoms. The second kappa shape index (κ2) is 5.05. The number of anilines is 1. The van der Waals surface area contributed by atoms with Gasteiger partial charge in [0.15, 0.2) is 0 Å². The highest BCUT2D eigenvalue weighted by atomic mass is 16.6. The molecule has 116 valence electrons. The number of non-ortho nitro benzene ring substituents is 1. The average molecular weight is 301 g/mol. The third-order valence-electron chi connectivity index (χ3n) is 5.42. The monoisotopic (exact) mass is 301 g/mol. The molecule has 3 fully saturated rings. The first-order valence-corrected chi connectivity index (χ1v) is 7.98. The highest BCUT2D eigenvalue weighted by Gasteiger charge is 2.48. The van der Waals surface area contributed by atoms with Gasteiger partial charge in [0.2, 0.25) is 5.91 Å². The van der Waals surface area contributed by atoms with E-state index in [9.17, 15) is 14.9 Å². The summed E-state index contributed by atoms with van der Waals surface area (Å²) >= 11 is 0. The quantitative estimate of drug-likeness (QED) is 0.635. The third-order valence-corrected chi connectivity index (χ3v) is 5.42. The lowest BCUT2D eigenvalue weighted by molar-refractivity contribution is -0.384. The van der Waals surface area contributed by atoms with Crippen molar-refractivity contribution in [2.24, 2.45) is 0 Å². The van der Waals surface area contributed by atoms with Crippen molar-refractivity contribution in [3.8, 4) is 0 Å². The van der Waals surface area contributed by atoms with Gasteiger partial charge in [0, 0.05) is 36.4 Å². The number of nitro benzene ring substituents is 1. The van der Waals surface area contributed by atoms with Gasteiger partial charge >= 0.3 is 0 Å². The van der Waals surface area contributed by atoms with Crippen LogP contribution in [-0.4, -0.2) is 40.4 Å². The zero-order valence-electron chi connectivity index (χ0n) is 12.4. The Kier molecular flexibility index (Phi) is 3.14. The van der Waals surface area contributed by atoms with E-state index >= 15 is 0 Å². The number of carbonyl (C=O) groups is 1. The molecule has 1 amide bonds. The number of hydrogen-bond acceptors (Lipinski definition) is 4. The Bertz CT molecular complexity index is 596. The van der Waals surface area contributed by atoms with Crippen molar-refractivity contribution in [3.63, 3.8) is 0 Å². The molecule has 0 N–H and O–H groups in total. The molecule has 1 aromatic rings. The maximum atomic E-state index is 12.8. The Balaban J connectivity index is 1.53. The number of carbonyl (C=O) groups excluding carboxylic acids is 1. The minimum Gasteiger partial charge on any atom is -0.311 e. The zero-order valence-corrected chi connectivity index (χ0v) is 12.4. The topological polar surface area (TPSA) is 66.7 Å². The van der Waals surface area contributed by atoms with Crippen molar-refractivity contribution in [1.82, 2.24) is 4.90 Å². The van der Waals surface area contributed by atoms with Gasteiger partial charge in [-0.3, -0.25) is 19.8 Å². The van der Waals surface area contributed by atoms with E-state index < -0.39 is 4.92 Å². The Labute approximate surface area is 128 Å². The molecule has 4 rings (SSSR count). The standard InChI is InChI=1S/C16H19N3O3/c20-16-15(18-12-3-4-13(18)6-5-12)9-10-17(16)11-1-7-14(8-2-11)19(21)22/h1-2,7-8,12-13,15H,3-6,9-10H2. The van der Waals surface area contributed by atoms with Crippen molar-refractivity contribution in [2.45, 2.75) is 50.2 Å². The van der Waals surface area contributed by atoms with Crippen LogP contribution in [0.5, 0.6) is 0 Å². The summed E-state index contributed by atoms with van der Waals surface area (Å²) in [6.45, 7) is 0.706. The smallest absolute Gasteiger partial charge is 0.269 e. The van der Waals surface area contributed by atoms with Gasteiger partial charge in [-0.25, -0.2) is 0 Å². The molecule has 6 heteroatoms. The molecule has 3 aliphatic heterocycles. The highest BCUT2D eigenvalue weighted by Crippen LogP contribution is 2.41. The second-order valence-corrected chi connectivity index (χ2v) is 6.48. The van der Waals surface area contributed by atoms with Crippen LogP contribution in [0.1, 0.15) is 32.1 Å². The maximum Gasteiger partial charge on any atom is 0.269 e. The van der Waals surface area contributed by atoms with Crippen molar-refractivity contribution >= 4 is 17.3 Å². The van der Waals surface area contributed by atoms with Crippen LogP contribution < -0.4 is 4.90 Å². The van der Waals surface area contributed by atoms with Gasteiger partial charge in [0.25, 0.3) is 5.69 Å². The predicted octanol–water partition coefficient (Wildman–Crippen LogP) is 2.33. The van der Waals surface area contributed by atoms with Crippen LogP contribution in [0.4, 0.5) is 11.4 Å². The molecule has 0 saturated carbocycles. The molecular weight excluding hydrogens is 282 g/mol. The summed E-state index contributed by atoms with van der Waals surface area (Å²) in [4.78, 5) is 27.3. The van der Waals surface area contributed by atoms with Gasteiger partial charge in [-0.2, -0.15) is 0 Å². The first-order valence-electron chi connectivity index (χ1n) is 7.98. The van der Waals surface area contributed by atoms with Crippen molar-refractivity contribution in [2.75, 3.05) is 11.4 Å². The molecule has 0 aliphatic carbocycles. The molecule has 3 saturated heterocycles. The lowest BCUT2D eigenvalue weighted by Crippen LogP contribution is -2.44. The molecule has 3 heterocycles. The third kappa shape index (κ3) is 2.01. The van der Waals surface area contributed by atoms with E-state index in [0.29, 0.717) is 18.6 Å². The second-order valence-electron chi connectivity index (χ2n) is 6.48. The molecule has 2 bridgehead atoms. The Morgan fingerprint density at radius 3 is 2.14 bits per heavy atom. The van der Waals surface area contributed by atoms with Crippen molar-refractivity contribution < 1.29 is 9.72 Å². The number of amides is 1. The summed E-state index contributed by atoms with van der Waals surface area (Å²) in [6.07, 6.45) is 5.78. The minimum absolute atomic E-state index is 0.00944. The number of hydrogen-bond donors (Lipinski definition) is 0. The fourth-order valence-electron chi connectivity index (χ4n) is 4.41. The van der Waals surface area contributed by atoms with Crippen LogP contribution in [0.25, 0.3) is 0 Å². The predicted molar refractivity (Wildman–Crippen MR) is 81.7 cm³/mol. The molecular formula is C16H19N3O3. The number of rotatable bonds is 3. The van der Waals surface area contributed by atoms with Crippen LogP contribution in [0.3, 0.4) is 0 Å². The molecule has 3 aliphatic rings. The lowest BCUT2D eigenvalue weighted by Gasteiger charge is -2.27. The van der Waals surface area contributed by atoms with Gasteiger partial charge < -0.3 is 4.90 Å². The highest BCUT2D eigenvalue weighted by molar-refractivity contribution is 5.99. The van der Waals surface area contributed by atoms with Crippen LogP contribution in [0, 0.1) is 10.1 Å². The summed E-state index contributed by atoms with van der Waals surface area (Å²) < 4.78 is 0. The lowest BCUT2D eigenvalue weighted by atomic mass is 10.0. The van der Waals surface area contributed by atoms with Gasteiger partial charge in [-0.05, 0) is 44.2 Å². The van der Waals surface area contributed by atoms with Gasteiger partial charge in [-0.1, -0.05) is 0 Å². The molecule has 0 radical (unpaired) electrons. The summed E-state index contributed by atoms with van der Waals surface area (Å²) in [5, 5.41) is 10.7. The summed E-state index contributed by atoms with van der Waals surface area (Å²) in [7, 11) is 0. The normalized spacial score (nSPS) is 31.2. The molecule has 1 aromatic carbocycles. The summed E-state index contributed by atoms with van der Waals surface area (Å²) in [5.74, 6) is 0.160. The molecule has 1 atom stereocenters. The van der Waals surface area contributed by atoms with E-state index in [-0.39, 0.29) is 17.6 Å². The van der Waals surface area contributed by atoms with E-state index in [1.54, 1.807) is 17.0 Å². The van der Waals surface area contributed by atoms with E-state index in [1.807, 2.05) is 0 Å². The van der Waals surface area contributed by atoms with Crippen LogP contribution in [0.15, 0.2) is 24.3 Å². The summed E-state index contributed by atoms with van der Waals surface area (Å²) in [5.41, 5.74) is 0.828. The maximum absolute atomic E-state index is 12.8. The number of nitro groups is 1. The SMILES string of the molecule is O=C1C(N2C3CCC2CC3)CCN1c1ccc([N+](=O)[O-])cc1. The Morgan fingerprint density at radius 2 is 1.59 bits per heavy atom. The van der Waals surface area contributed by atoms with E-state index in [4.69, 9.17) is 0 Å². The fourth-order valence-corrected chi connectivity index (χ4v) is 4.41. The Hall–Kier alpha value is -1.95. The van der Waals surface area contributed by atoms with Crippen LogP contribution >= 0.6 is 0 Å². The minimum atomic E-state index is -0.416. The molecule has 0 aromatic heterocycles.